The number of para-hydroxylation sites is 1. The molecule has 1 saturated heterocycles. The fourth-order valence-corrected chi connectivity index (χ4v) is 3.35. The Morgan fingerprint density at radius 1 is 1.45 bits per heavy atom. The number of carbonyl (C=O) groups excluding carboxylic acids is 1. The van der Waals surface area contributed by atoms with Gasteiger partial charge in [-0.05, 0) is 44.0 Å². The standard InChI is InChI=1S/C16H24N2OS/c1-12(2)20-15-6-4-3-5-14(15)18-16(19)8-7-13-9-10-17-11-13/h3-6,12-13,17H,7-11H2,1-2H3,(H,18,19). The second-order valence-electron chi connectivity index (χ2n) is 5.61. The largest absolute Gasteiger partial charge is 0.325 e. The summed E-state index contributed by atoms with van der Waals surface area (Å²) in [5.41, 5.74) is 0.945. The summed E-state index contributed by atoms with van der Waals surface area (Å²) in [6.07, 6.45) is 2.80. The number of amides is 1. The Morgan fingerprint density at radius 2 is 2.25 bits per heavy atom. The summed E-state index contributed by atoms with van der Waals surface area (Å²) in [5.74, 6) is 0.801. The molecule has 1 unspecified atom stereocenters. The van der Waals surface area contributed by atoms with Gasteiger partial charge in [-0.25, -0.2) is 0 Å². The van der Waals surface area contributed by atoms with Crippen LogP contribution in [0, 0.1) is 5.92 Å². The maximum atomic E-state index is 12.1. The van der Waals surface area contributed by atoms with Gasteiger partial charge in [-0.15, -0.1) is 11.8 Å². The minimum atomic E-state index is 0.133. The second-order valence-corrected chi connectivity index (χ2v) is 7.23. The Kier molecular flexibility index (Phi) is 5.92. The average Bonchev–Trinajstić information content (AvgIpc) is 2.91. The van der Waals surface area contributed by atoms with Gasteiger partial charge in [-0.3, -0.25) is 4.79 Å². The quantitative estimate of drug-likeness (QED) is 0.788. The molecule has 1 aliphatic rings. The molecule has 2 rings (SSSR count). The zero-order valence-corrected chi connectivity index (χ0v) is 13.1. The number of rotatable bonds is 6. The predicted octanol–water partition coefficient (Wildman–Crippen LogP) is 3.52. The van der Waals surface area contributed by atoms with Crippen LogP contribution in [0.3, 0.4) is 0 Å². The summed E-state index contributed by atoms with van der Waals surface area (Å²) in [6.45, 7) is 6.49. The lowest BCUT2D eigenvalue weighted by molar-refractivity contribution is -0.116. The molecule has 1 aromatic carbocycles. The number of hydrogen-bond acceptors (Lipinski definition) is 3. The minimum absolute atomic E-state index is 0.133. The molecule has 1 amide bonds. The normalized spacial score (nSPS) is 18.4. The molecule has 0 bridgehead atoms. The van der Waals surface area contributed by atoms with E-state index in [0.29, 0.717) is 17.6 Å². The first-order valence-corrected chi connectivity index (χ1v) is 8.29. The van der Waals surface area contributed by atoms with Crippen LogP contribution < -0.4 is 10.6 Å². The van der Waals surface area contributed by atoms with Gasteiger partial charge >= 0.3 is 0 Å². The zero-order valence-electron chi connectivity index (χ0n) is 12.3. The molecule has 1 atom stereocenters. The van der Waals surface area contributed by atoms with Crippen LogP contribution in [0.25, 0.3) is 0 Å². The lowest BCUT2D eigenvalue weighted by atomic mass is 10.0. The summed E-state index contributed by atoms with van der Waals surface area (Å²) >= 11 is 1.79. The Morgan fingerprint density at radius 3 is 2.95 bits per heavy atom. The minimum Gasteiger partial charge on any atom is -0.325 e. The molecule has 0 spiro atoms. The predicted molar refractivity (Wildman–Crippen MR) is 86.3 cm³/mol. The lowest BCUT2D eigenvalue weighted by Gasteiger charge is -2.13. The van der Waals surface area contributed by atoms with E-state index in [9.17, 15) is 4.79 Å². The molecule has 4 heteroatoms. The van der Waals surface area contributed by atoms with Gasteiger partial charge in [0.05, 0.1) is 5.69 Å². The highest BCUT2D eigenvalue weighted by molar-refractivity contribution is 8.00. The van der Waals surface area contributed by atoms with E-state index in [4.69, 9.17) is 0 Å². The highest BCUT2D eigenvalue weighted by Gasteiger charge is 2.16. The lowest BCUT2D eigenvalue weighted by Crippen LogP contribution is -2.15. The molecule has 0 aromatic heterocycles. The molecule has 0 saturated carbocycles. The highest BCUT2D eigenvalue weighted by Crippen LogP contribution is 2.30. The number of carbonyl (C=O) groups is 1. The van der Waals surface area contributed by atoms with E-state index in [1.807, 2.05) is 18.2 Å². The van der Waals surface area contributed by atoms with Gasteiger partial charge in [0.25, 0.3) is 0 Å². The summed E-state index contributed by atoms with van der Waals surface area (Å²) in [6, 6.07) is 8.05. The summed E-state index contributed by atoms with van der Waals surface area (Å²) in [4.78, 5) is 13.2. The van der Waals surface area contributed by atoms with Crippen molar-refractivity contribution in [2.24, 2.45) is 5.92 Å². The van der Waals surface area contributed by atoms with E-state index in [-0.39, 0.29) is 5.91 Å². The zero-order chi connectivity index (χ0) is 14.4. The van der Waals surface area contributed by atoms with E-state index >= 15 is 0 Å². The Balaban J connectivity index is 1.86. The fraction of sp³-hybridized carbons (Fsp3) is 0.562. The second kappa shape index (κ2) is 7.70. The van der Waals surface area contributed by atoms with Crippen LogP contribution in [-0.2, 0) is 4.79 Å². The molecule has 1 fully saturated rings. The van der Waals surface area contributed by atoms with Crippen LogP contribution in [0.4, 0.5) is 5.69 Å². The van der Waals surface area contributed by atoms with Gasteiger partial charge in [0.1, 0.15) is 0 Å². The number of hydrogen-bond donors (Lipinski definition) is 2. The smallest absolute Gasteiger partial charge is 0.224 e. The van der Waals surface area contributed by atoms with Crippen LogP contribution in [0.15, 0.2) is 29.2 Å². The molecule has 2 N–H and O–H groups in total. The first kappa shape index (κ1) is 15.4. The van der Waals surface area contributed by atoms with Gasteiger partial charge in [0.15, 0.2) is 0 Å². The van der Waals surface area contributed by atoms with Crippen LogP contribution in [0.1, 0.15) is 33.1 Å². The maximum absolute atomic E-state index is 12.1. The third kappa shape index (κ3) is 4.84. The van der Waals surface area contributed by atoms with E-state index in [1.165, 1.54) is 6.42 Å². The molecule has 110 valence electrons. The highest BCUT2D eigenvalue weighted by atomic mass is 32.2. The number of thioether (sulfide) groups is 1. The van der Waals surface area contributed by atoms with Crippen LogP contribution in [0.2, 0.25) is 0 Å². The first-order valence-electron chi connectivity index (χ1n) is 7.41. The van der Waals surface area contributed by atoms with E-state index in [1.54, 1.807) is 11.8 Å². The first-order chi connectivity index (χ1) is 9.65. The fourth-order valence-electron chi connectivity index (χ4n) is 2.44. The van der Waals surface area contributed by atoms with Crippen LogP contribution >= 0.6 is 11.8 Å². The van der Waals surface area contributed by atoms with Gasteiger partial charge < -0.3 is 10.6 Å². The third-order valence-electron chi connectivity index (χ3n) is 3.47. The van der Waals surface area contributed by atoms with E-state index < -0.39 is 0 Å². The number of anilines is 1. The summed E-state index contributed by atoms with van der Waals surface area (Å²) in [7, 11) is 0. The van der Waals surface area contributed by atoms with E-state index in [0.717, 1.165) is 30.1 Å². The monoisotopic (exact) mass is 292 g/mol. The van der Waals surface area contributed by atoms with Crippen LogP contribution in [0.5, 0.6) is 0 Å². The molecule has 1 aliphatic heterocycles. The van der Waals surface area contributed by atoms with Crippen molar-refractivity contribution in [3.05, 3.63) is 24.3 Å². The Bertz CT molecular complexity index is 442. The maximum Gasteiger partial charge on any atom is 0.224 e. The van der Waals surface area contributed by atoms with Crippen molar-refractivity contribution in [2.45, 2.75) is 43.3 Å². The van der Waals surface area contributed by atoms with Crippen molar-refractivity contribution >= 4 is 23.4 Å². The van der Waals surface area contributed by atoms with Crippen molar-refractivity contribution in [3.8, 4) is 0 Å². The topological polar surface area (TPSA) is 41.1 Å². The Hall–Kier alpha value is -1.00. The van der Waals surface area contributed by atoms with Crippen molar-refractivity contribution < 1.29 is 4.79 Å². The molecule has 20 heavy (non-hydrogen) atoms. The summed E-state index contributed by atoms with van der Waals surface area (Å²) in [5, 5.41) is 6.91. The average molecular weight is 292 g/mol. The van der Waals surface area contributed by atoms with E-state index in [2.05, 4.69) is 30.5 Å². The number of benzene rings is 1. The molecule has 3 nitrogen and oxygen atoms in total. The molecule has 1 aromatic rings. The third-order valence-corrected chi connectivity index (χ3v) is 4.55. The molecular weight excluding hydrogens is 268 g/mol. The molecule has 0 radical (unpaired) electrons. The molecular formula is C16H24N2OS. The van der Waals surface area contributed by atoms with Gasteiger partial charge in [-0.2, -0.15) is 0 Å². The SMILES string of the molecule is CC(C)Sc1ccccc1NC(=O)CCC1CCNC1. The van der Waals surface area contributed by atoms with Crippen molar-refractivity contribution in [1.82, 2.24) is 5.32 Å². The Labute approximate surface area is 125 Å². The van der Waals surface area contributed by atoms with Crippen molar-refractivity contribution in [3.63, 3.8) is 0 Å². The summed E-state index contributed by atoms with van der Waals surface area (Å²) < 4.78 is 0. The van der Waals surface area contributed by atoms with Crippen molar-refractivity contribution in [2.75, 3.05) is 18.4 Å². The van der Waals surface area contributed by atoms with Gasteiger partial charge in [0.2, 0.25) is 5.91 Å². The van der Waals surface area contributed by atoms with Gasteiger partial charge in [0, 0.05) is 16.6 Å². The molecule has 1 heterocycles. The van der Waals surface area contributed by atoms with Crippen LogP contribution in [-0.4, -0.2) is 24.2 Å². The number of nitrogens with one attached hydrogen (secondary N) is 2. The molecule has 0 aliphatic carbocycles. The van der Waals surface area contributed by atoms with Gasteiger partial charge in [-0.1, -0.05) is 26.0 Å². The van der Waals surface area contributed by atoms with Crippen molar-refractivity contribution in [1.29, 1.82) is 0 Å².